The number of hydrogen-bond acceptors (Lipinski definition) is 4. The Kier molecular flexibility index (Phi) is 6.58. The SMILES string of the molecule is COCCCC(NC(=O)N1CCC(CO)C1)C(=O)O. The van der Waals surface area contributed by atoms with Gasteiger partial charge in [-0.25, -0.2) is 9.59 Å². The van der Waals surface area contributed by atoms with E-state index in [1.807, 2.05) is 0 Å². The summed E-state index contributed by atoms with van der Waals surface area (Å²) in [5, 5.41) is 20.6. The van der Waals surface area contributed by atoms with Crippen LogP contribution in [0.1, 0.15) is 19.3 Å². The van der Waals surface area contributed by atoms with Gasteiger partial charge in [0, 0.05) is 39.3 Å². The van der Waals surface area contributed by atoms with Crippen LogP contribution in [-0.4, -0.2) is 66.6 Å². The van der Waals surface area contributed by atoms with E-state index >= 15 is 0 Å². The molecule has 1 fully saturated rings. The Morgan fingerprint density at radius 2 is 2.26 bits per heavy atom. The highest BCUT2D eigenvalue weighted by molar-refractivity contribution is 5.82. The predicted octanol–water partition coefficient (Wildman–Crippen LogP) is -0.110. The number of aliphatic hydroxyl groups is 1. The standard InChI is InChI=1S/C12H22N2O5/c1-19-6-2-3-10(11(16)17)13-12(18)14-5-4-9(7-14)8-15/h9-10,15H,2-8H2,1H3,(H,13,18)(H,16,17). The third-order valence-electron chi connectivity index (χ3n) is 3.27. The van der Waals surface area contributed by atoms with E-state index in [1.54, 1.807) is 12.0 Å². The number of aliphatic hydroxyl groups excluding tert-OH is 1. The largest absolute Gasteiger partial charge is 0.480 e. The molecule has 7 nitrogen and oxygen atoms in total. The van der Waals surface area contributed by atoms with E-state index < -0.39 is 12.0 Å². The number of carbonyl (C=O) groups is 2. The van der Waals surface area contributed by atoms with Crippen LogP contribution in [0, 0.1) is 5.92 Å². The summed E-state index contributed by atoms with van der Waals surface area (Å²) < 4.78 is 4.86. The van der Waals surface area contributed by atoms with Crippen LogP contribution in [0.25, 0.3) is 0 Å². The number of aliphatic carboxylic acids is 1. The third-order valence-corrected chi connectivity index (χ3v) is 3.27. The number of urea groups is 1. The fraction of sp³-hybridized carbons (Fsp3) is 0.833. The molecule has 3 N–H and O–H groups in total. The number of ether oxygens (including phenoxy) is 1. The molecule has 1 saturated heterocycles. The van der Waals surface area contributed by atoms with Gasteiger partial charge in [-0.3, -0.25) is 0 Å². The minimum atomic E-state index is -1.04. The van der Waals surface area contributed by atoms with Gasteiger partial charge in [-0.05, 0) is 19.3 Å². The molecule has 2 atom stereocenters. The van der Waals surface area contributed by atoms with Gasteiger partial charge < -0.3 is 25.2 Å². The molecular formula is C12H22N2O5. The minimum Gasteiger partial charge on any atom is -0.480 e. The number of likely N-dealkylation sites (tertiary alicyclic amines) is 1. The van der Waals surface area contributed by atoms with Gasteiger partial charge in [0.1, 0.15) is 6.04 Å². The number of nitrogens with zero attached hydrogens (tertiary/aromatic N) is 1. The first-order chi connectivity index (χ1) is 9.08. The first-order valence-electron chi connectivity index (χ1n) is 6.46. The maximum Gasteiger partial charge on any atom is 0.326 e. The number of carbonyl (C=O) groups excluding carboxylic acids is 1. The molecule has 0 spiro atoms. The molecule has 0 aromatic heterocycles. The topological polar surface area (TPSA) is 99.1 Å². The van der Waals surface area contributed by atoms with E-state index in [0.717, 1.165) is 6.42 Å². The lowest BCUT2D eigenvalue weighted by atomic mass is 10.1. The second-order valence-corrected chi connectivity index (χ2v) is 4.76. The number of carboxylic acid groups (broad SMARTS) is 1. The van der Waals surface area contributed by atoms with Crippen LogP contribution in [-0.2, 0) is 9.53 Å². The zero-order valence-corrected chi connectivity index (χ0v) is 11.2. The Morgan fingerprint density at radius 3 is 2.79 bits per heavy atom. The van der Waals surface area contributed by atoms with Crippen LogP contribution in [0.4, 0.5) is 4.79 Å². The van der Waals surface area contributed by atoms with Crippen molar-refractivity contribution in [1.29, 1.82) is 0 Å². The molecule has 1 aliphatic rings. The van der Waals surface area contributed by atoms with Crippen molar-refractivity contribution in [1.82, 2.24) is 10.2 Å². The Labute approximate surface area is 112 Å². The average Bonchev–Trinajstić information content (AvgIpc) is 2.86. The lowest BCUT2D eigenvalue weighted by Gasteiger charge is -2.21. The maximum atomic E-state index is 11.9. The smallest absolute Gasteiger partial charge is 0.326 e. The molecule has 0 saturated carbocycles. The lowest BCUT2D eigenvalue weighted by molar-refractivity contribution is -0.139. The second-order valence-electron chi connectivity index (χ2n) is 4.76. The summed E-state index contributed by atoms with van der Waals surface area (Å²) in [4.78, 5) is 24.5. The van der Waals surface area contributed by atoms with Gasteiger partial charge in [0.15, 0.2) is 0 Å². The number of rotatable bonds is 7. The van der Waals surface area contributed by atoms with Crippen molar-refractivity contribution in [2.24, 2.45) is 5.92 Å². The Morgan fingerprint density at radius 1 is 1.53 bits per heavy atom. The first-order valence-corrected chi connectivity index (χ1v) is 6.46. The number of methoxy groups -OCH3 is 1. The predicted molar refractivity (Wildman–Crippen MR) is 67.8 cm³/mol. The van der Waals surface area contributed by atoms with Gasteiger partial charge >= 0.3 is 12.0 Å². The van der Waals surface area contributed by atoms with Crippen LogP contribution in [0.2, 0.25) is 0 Å². The zero-order chi connectivity index (χ0) is 14.3. The van der Waals surface area contributed by atoms with Gasteiger partial charge in [-0.1, -0.05) is 0 Å². The number of nitrogens with one attached hydrogen (secondary N) is 1. The summed E-state index contributed by atoms with van der Waals surface area (Å²) in [6, 6.07) is -1.27. The van der Waals surface area contributed by atoms with Crippen molar-refractivity contribution in [3.8, 4) is 0 Å². The van der Waals surface area contributed by atoms with Gasteiger partial charge in [-0.15, -0.1) is 0 Å². The third kappa shape index (κ3) is 5.04. The van der Waals surface area contributed by atoms with E-state index in [2.05, 4.69) is 5.32 Å². The lowest BCUT2D eigenvalue weighted by Crippen LogP contribution is -2.47. The Bertz CT molecular complexity index is 310. The van der Waals surface area contributed by atoms with Crippen LogP contribution >= 0.6 is 0 Å². The van der Waals surface area contributed by atoms with Gasteiger partial charge in [-0.2, -0.15) is 0 Å². The van der Waals surface area contributed by atoms with Crippen molar-refractivity contribution in [3.05, 3.63) is 0 Å². The van der Waals surface area contributed by atoms with E-state index in [0.29, 0.717) is 32.5 Å². The van der Waals surface area contributed by atoms with E-state index in [4.69, 9.17) is 14.9 Å². The van der Waals surface area contributed by atoms with Crippen LogP contribution in [0.5, 0.6) is 0 Å². The minimum absolute atomic E-state index is 0.0555. The summed E-state index contributed by atoms with van der Waals surface area (Å²) in [6.45, 7) is 1.56. The molecule has 2 unspecified atom stereocenters. The molecule has 0 radical (unpaired) electrons. The molecule has 110 valence electrons. The van der Waals surface area contributed by atoms with Crippen LogP contribution in [0.15, 0.2) is 0 Å². The fourth-order valence-corrected chi connectivity index (χ4v) is 2.10. The summed E-state index contributed by atoms with van der Waals surface area (Å²) in [7, 11) is 1.55. The summed E-state index contributed by atoms with van der Waals surface area (Å²) >= 11 is 0. The zero-order valence-electron chi connectivity index (χ0n) is 11.2. The highest BCUT2D eigenvalue weighted by Crippen LogP contribution is 2.15. The van der Waals surface area contributed by atoms with Crippen molar-refractivity contribution in [2.45, 2.75) is 25.3 Å². The van der Waals surface area contributed by atoms with Crippen molar-refractivity contribution >= 4 is 12.0 Å². The summed E-state index contributed by atoms with van der Waals surface area (Å²) in [5.74, 6) is -0.940. The molecule has 0 aromatic carbocycles. The molecule has 7 heteroatoms. The average molecular weight is 274 g/mol. The van der Waals surface area contributed by atoms with Crippen LogP contribution < -0.4 is 5.32 Å². The summed E-state index contributed by atoms with van der Waals surface area (Å²) in [5.41, 5.74) is 0. The highest BCUT2D eigenvalue weighted by Gasteiger charge is 2.28. The maximum absolute atomic E-state index is 11.9. The molecule has 0 aromatic rings. The van der Waals surface area contributed by atoms with Crippen molar-refractivity contribution in [3.63, 3.8) is 0 Å². The highest BCUT2D eigenvalue weighted by atomic mass is 16.5. The molecule has 0 bridgehead atoms. The molecule has 1 rings (SSSR count). The van der Waals surface area contributed by atoms with Crippen molar-refractivity contribution in [2.75, 3.05) is 33.4 Å². The summed E-state index contributed by atoms with van der Waals surface area (Å²) in [6.07, 6.45) is 1.67. The van der Waals surface area contributed by atoms with Crippen molar-refractivity contribution < 1.29 is 24.5 Å². The van der Waals surface area contributed by atoms with E-state index in [1.165, 1.54) is 0 Å². The number of carboxylic acids is 1. The molecule has 19 heavy (non-hydrogen) atoms. The van der Waals surface area contributed by atoms with Crippen LogP contribution in [0.3, 0.4) is 0 Å². The van der Waals surface area contributed by atoms with Gasteiger partial charge in [0.25, 0.3) is 0 Å². The second kappa shape index (κ2) is 7.96. The molecule has 0 aliphatic carbocycles. The molecule has 1 heterocycles. The number of hydrogen-bond donors (Lipinski definition) is 3. The fourth-order valence-electron chi connectivity index (χ4n) is 2.10. The van der Waals surface area contributed by atoms with Gasteiger partial charge in [0.2, 0.25) is 0 Å². The Balaban J connectivity index is 2.41. The quantitative estimate of drug-likeness (QED) is 0.563. The van der Waals surface area contributed by atoms with Gasteiger partial charge in [0.05, 0.1) is 0 Å². The molecule has 2 amide bonds. The molecular weight excluding hydrogens is 252 g/mol. The van der Waals surface area contributed by atoms with E-state index in [-0.39, 0.29) is 18.6 Å². The molecule has 1 aliphatic heterocycles. The first kappa shape index (κ1) is 15.7. The Hall–Kier alpha value is -1.34. The normalized spacial score (nSPS) is 20.3. The van der Waals surface area contributed by atoms with E-state index in [9.17, 15) is 9.59 Å². The monoisotopic (exact) mass is 274 g/mol. The number of amides is 2.